The molecule has 8 rings (SSSR count). The second-order valence-electron chi connectivity index (χ2n) is 13.0. The van der Waals surface area contributed by atoms with Crippen molar-refractivity contribution in [3.63, 3.8) is 0 Å². The third kappa shape index (κ3) is 6.24. The van der Waals surface area contributed by atoms with E-state index >= 15 is 4.39 Å². The predicted octanol–water partition coefficient (Wildman–Crippen LogP) is 5.77. The molecular weight excluding hydrogens is 674 g/mol. The maximum absolute atomic E-state index is 16.7. The zero-order chi connectivity index (χ0) is 33.9. The molecular formula is C35H33ClF2N6O4S. The minimum Gasteiger partial charge on any atom is -0.489 e. The number of pyridine rings is 1. The Hall–Kier alpha value is -4.17. The highest BCUT2D eigenvalue weighted by Crippen LogP contribution is 2.38. The Bertz CT molecular complexity index is 2160. The molecule has 0 spiro atoms. The van der Waals surface area contributed by atoms with Crippen molar-refractivity contribution in [3.8, 4) is 23.0 Å². The fourth-order valence-corrected chi connectivity index (χ4v) is 8.08. The zero-order valence-electron chi connectivity index (χ0n) is 26.5. The van der Waals surface area contributed by atoms with Gasteiger partial charge in [-0.1, -0.05) is 41.9 Å². The molecule has 0 amide bonds. The lowest BCUT2D eigenvalue weighted by molar-refractivity contribution is 0.188. The highest BCUT2D eigenvalue weighted by molar-refractivity contribution is 7.86. The molecule has 14 heteroatoms. The first-order valence-corrected chi connectivity index (χ1v) is 18.0. The van der Waals surface area contributed by atoms with Gasteiger partial charge in [-0.05, 0) is 55.6 Å². The van der Waals surface area contributed by atoms with E-state index in [9.17, 15) is 12.3 Å². The van der Waals surface area contributed by atoms with Crippen molar-refractivity contribution in [1.82, 2.24) is 25.2 Å². The van der Waals surface area contributed by atoms with Gasteiger partial charge in [-0.2, -0.15) is 18.4 Å². The molecule has 0 radical (unpaired) electrons. The maximum atomic E-state index is 16.7. The summed E-state index contributed by atoms with van der Waals surface area (Å²) in [7, 11) is -2.83. The van der Waals surface area contributed by atoms with E-state index in [0.717, 1.165) is 31.3 Å². The molecule has 5 heterocycles. The summed E-state index contributed by atoms with van der Waals surface area (Å²) in [6.45, 7) is 2.27. The summed E-state index contributed by atoms with van der Waals surface area (Å²) in [4.78, 5) is 17.9. The molecule has 1 N–H and O–H groups in total. The Labute approximate surface area is 287 Å². The highest BCUT2D eigenvalue weighted by Gasteiger charge is 2.35. The molecule has 0 saturated carbocycles. The summed E-state index contributed by atoms with van der Waals surface area (Å²) in [6.07, 6.45) is 4.18. The van der Waals surface area contributed by atoms with Gasteiger partial charge in [0.15, 0.2) is 5.82 Å². The summed E-state index contributed by atoms with van der Waals surface area (Å²) in [5.41, 5.74) is 0.847. The van der Waals surface area contributed by atoms with Crippen molar-refractivity contribution < 1.29 is 26.2 Å². The van der Waals surface area contributed by atoms with E-state index < -0.39 is 20.9 Å². The number of hydrogen-bond acceptors (Lipinski definition) is 10. The van der Waals surface area contributed by atoms with Crippen LogP contribution in [0.4, 0.5) is 14.1 Å². The van der Waals surface area contributed by atoms with Gasteiger partial charge in [0.25, 0.3) is 0 Å². The van der Waals surface area contributed by atoms with Gasteiger partial charge < -0.3 is 19.7 Å². The van der Waals surface area contributed by atoms with Crippen LogP contribution in [0.25, 0.3) is 32.9 Å². The van der Waals surface area contributed by atoms with Gasteiger partial charge in [-0.15, -0.1) is 3.89 Å². The number of benzene rings is 3. The molecule has 49 heavy (non-hydrogen) atoms. The molecule has 3 aliphatic rings. The quantitative estimate of drug-likeness (QED) is 0.200. The number of fused-ring (bicyclic) bond motifs is 4. The van der Waals surface area contributed by atoms with E-state index in [-0.39, 0.29) is 36.0 Å². The van der Waals surface area contributed by atoms with Crippen molar-refractivity contribution in [2.45, 2.75) is 48.4 Å². The first kappa shape index (κ1) is 32.1. The van der Waals surface area contributed by atoms with Crippen LogP contribution < -0.4 is 19.7 Å². The third-order valence-corrected chi connectivity index (χ3v) is 10.9. The fraction of sp³-hybridized carbons (Fsp3) is 0.343. The Kier molecular flexibility index (Phi) is 8.25. The lowest BCUT2D eigenvalue weighted by Crippen LogP contribution is -2.51. The van der Waals surface area contributed by atoms with Gasteiger partial charge in [0, 0.05) is 66.3 Å². The number of aromatic nitrogens is 3. The van der Waals surface area contributed by atoms with Crippen LogP contribution in [0, 0.1) is 5.82 Å². The maximum Gasteiger partial charge on any atom is 0.332 e. The first-order chi connectivity index (χ1) is 23.6. The molecule has 2 aromatic heterocycles. The Morgan fingerprint density at radius 2 is 1.73 bits per heavy atom. The SMILES string of the molecule is CN1CC(Oc2ccc(S(=O)(=O)F)cc2)C[C@H]1COc1nc(N2CC3CCC(C2)N3)c2cnc(-c3cccc4cccc(Cl)c34)c(F)c2n1. The van der Waals surface area contributed by atoms with Crippen LogP contribution in [0.2, 0.25) is 5.02 Å². The van der Waals surface area contributed by atoms with Crippen LogP contribution in [-0.4, -0.2) is 85.8 Å². The van der Waals surface area contributed by atoms with Crippen molar-refractivity contribution in [2.75, 3.05) is 38.2 Å². The lowest BCUT2D eigenvalue weighted by atomic mass is 10.0. The second kappa shape index (κ2) is 12.6. The van der Waals surface area contributed by atoms with E-state index in [4.69, 9.17) is 26.1 Å². The van der Waals surface area contributed by atoms with Gasteiger partial charge in [-0.3, -0.25) is 9.88 Å². The van der Waals surface area contributed by atoms with Crippen molar-refractivity contribution in [2.24, 2.45) is 0 Å². The lowest BCUT2D eigenvalue weighted by Gasteiger charge is -2.34. The Balaban J connectivity index is 1.09. The van der Waals surface area contributed by atoms with Crippen LogP contribution in [0.5, 0.6) is 11.8 Å². The minimum absolute atomic E-state index is 0.0658. The Morgan fingerprint density at radius 1 is 1.00 bits per heavy atom. The topological polar surface area (TPSA) is 110 Å². The molecule has 4 atom stereocenters. The molecule has 3 aromatic carbocycles. The number of hydrogen-bond donors (Lipinski definition) is 1. The summed E-state index contributed by atoms with van der Waals surface area (Å²) < 4.78 is 64.6. The van der Waals surface area contributed by atoms with Gasteiger partial charge >= 0.3 is 16.2 Å². The van der Waals surface area contributed by atoms with Gasteiger partial charge in [0.05, 0.1) is 10.3 Å². The van der Waals surface area contributed by atoms with E-state index in [0.29, 0.717) is 58.0 Å². The van der Waals surface area contributed by atoms with Gasteiger partial charge in [0.1, 0.15) is 35.5 Å². The summed E-state index contributed by atoms with van der Waals surface area (Å²) >= 11 is 6.60. The number of ether oxygens (including phenoxy) is 2. The predicted molar refractivity (Wildman–Crippen MR) is 183 cm³/mol. The number of likely N-dealkylation sites (tertiary alicyclic amines) is 1. The van der Waals surface area contributed by atoms with Gasteiger partial charge in [0.2, 0.25) is 0 Å². The largest absolute Gasteiger partial charge is 0.489 e. The van der Waals surface area contributed by atoms with Crippen LogP contribution in [-0.2, 0) is 10.2 Å². The van der Waals surface area contributed by atoms with E-state index in [1.807, 2.05) is 37.4 Å². The number of piperazine rings is 1. The molecule has 10 nitrogen and oxygen atoms in total. The Morgan fingerprint density at radius 3 is 2.47 bits per heavy atom. The second-order valence-corrected chi connectivity index (χ2v) is 14.7. The molecule has 2 bridgehead atoms. The number of anilines is 1. The molecule has 3 fully saturated rings. The fourth-order valence-electron chi connectivity index (χ4n) is 7.33. The van der Waals surface area contributed by atoms with Gasteiger partial charge in [-0.25, -0.2) is 4.39 Å². The van der Waals surface area contributed by atoms with E-state index in [1.54, 1.807) is 12.3 Å². The van der Waals surface area contributed by atoms with Crippen LogP contribution >= 0.6 is 11.6 Å². The smallest absolute Gasteiger partial charge is 0.332 e. The number of halogens is 3. The number of likely N-dealkylation sites (N-methyl/N-ethyl adjacent to an activating group) is 1. The molecule has 254 valence electrons. The summed E-state index contributed by atoms with van der Waals surface area (Å²) in [5.74, 6) is 0.453. The summed E-state index contributed by atoms with van der Waals surface area (Å²) in [5, 5.41) is 6.25. The molecule has 3 unspecified atom stereocenters. The molecule has 3 aliphatic heterocycles. The first-order valence-electron chi connectivity index (χ1n) is 16.2. The van der Waals surface area contributed by atoms with Crippen molar-refractivity contribution >= 4 is 49.3 Å². The highest BCUT2D eigenvalue weighted by atomic mass is 35.5. The van der Waals surface area contributed by atoms with Crippen LogP contribution in [0.15, 0.2) is 71.8 Å². The third-order valence-electron chi connectivity index (χ3n) is 9.73. The van der Waals surface area contributed by atoms with E-state index in [2.05, 4.69) is 25.1 Å². The number of nitrogens with zero attached hydrogens (tertiary/aromatic N) is 5. The molecule has 5 aromatic rings. The average molecular weight is 707 g/mol. The zero-order valence-corrected chi connectivity index (χ0v) is 28.1. The van der Waals surface area contributed by atoms with Crippen molar-refractivity contribution in [3.05, 3.63) is 77.7 Å². The van der Waals surface area contributed by atoms with E-state index in [1.165, 1.54) is 24.3 Å². The number of nitrogens with one attached hydrogen (secondary N) is 1. The average Bonchev–Trinajstić information content (AvgIpc) is 3.61. The van der Waals surface area contributed by atoms with Crippen LogP contribution in [0.1, 0.15) is 19.3 Å². The molecule has 3 saturated heterocycles. The van der Waals surface area contributed by atoms with Crippen molar-refractivity contribution in [1.29, 1.82) is 0 Å². The minimum atomic E-state index is -4.79. The standard InChI is InChI=1S/C35H33ClF2N6O4S/c1-43-18-25(48-24-10-12-26(13-11-24)49(38,45)46)14-23(43)19-47-35-41-33-28(34(42-35)44-16-21-8-9-22(17-44)40-21)15-39-32(31(33)37)27-6-2-4-20-5-3-7-29(36)30(20)27/h2-7,10-13,15,21-23,25,40H,8-9,14,16-19H2,1H3/t21?,22?,23-,25?/m0/s1. The van der Waals surface area contributed by atoms with Crippen LogP contribution in [0.3, 0.4) is 0 Å². The number of rotatable bonds is 8. The normalized spacial score (nSPS) is 22.7. The monoisotopic (exact) mass is 706 g/mol. The molecule has 0 aliphatic carbocycles. The summed E-state index contributed by atoms with van der Waals surface area (Å²) in [6, 6.07) is 17.0.